The average molecular weight is 231 g/mol. The van der Waals surface area contributed by atoms with Gasteiger partial charge in [-0.1, -0.05) is 0 Å². The molecular weight excluding hydrogens is 218 g/mol. The van der Waals surface area contributed by atoms with Crippen molar-refractivity contribution in [3.63, 3.8) is 0 Å². The quantitative estimate of drug-likeness (QED) is 0.864. The molecule has 82 valence electrons. The molecule has 0 atom stereocenters. The van der Waals surface area contributed by atoms with Crippen LogP contribution in [0.3, 0.4) is 0 Å². The summed E-state index contributed by atoms with van der Waals surface area (Å²) < 4.78 is 0. The summed E-state index contributed by atoms with van der Waals surface area (Å²) in [6, 6.07) is 4.00. The molecule has 2 heterocycles. The molecule has 0 bridgehead atoms. The molecule has 2 aromatic rings. The minimum absolute atomic E-state index is 0.544. The minimum atomic E-state index is 0.544. The predicted molar refractivity (Wildman–Crippen MR) is 66.5 cm³/mol. The van der Waals surface area contributed by atoms with E-state index in [9.17, 15) is 0 Å². The molecule has 0 amide bonds. The monoisotopic (exact) mass is 231 g/mol. The van der Waals surface area contributed by atoms with Gasteiger partial charge in [0.05, 0.1) is 5.69 Å². The molecule has 0 spiro atoms. The van der Waals surface area contributed by atoms with Crippen molar-refractivity contribution < 1.29 is 0 Å². The largest absolute Gasteiger partial charge is 0.384 e. The first-order valence-corrected chi connectivity index (χ1v) is 6.30. The third-order valence-corrected chi connectivity index (χ3v) is 3.59. The summed E-state index contributed by atoms with van der Waals surface area (Å²) in [5, 5.41) is 2.12. The lowest BCUT2D eigenvalue weighted by Gasteiger charge is -2.03. The first-order valence-electron chi connectivity index (χ1n) is 5.42. The zero-order chi connectivity index (χ0) is 11.1. The fourth-order valence-corrected chi connectivity index (χ4v) is 2.43. The number of aromatic nitrogens is 2. The number of rotatable bonds is 2. The van der Waals surface area contributed by atoms with E-state index in [1.807, 2.05) is 6.07 Å². The summed E-state index contributed by atoms with van der Waals surface area (Å²) in [4.78, 5) is 10.2. The minimum Gasteiger partial charge on any atom is -0.384 e. The molecule has 2 aromatic heterocycles. The highest BCUT2D eigenvalue weighted by Crippen LogP contribution is 2.39. The van der Waals surface area contributed by atoms with E-state index < -0.39 is 0 Å². The van der Waals surface area contributed by atoms with Gasteiger partial charge in [0.2, 0.25) is 0 Å². The standard InChI is InChI=1S/C12H13N3S/c1-7-4-9(6-16-7)10-5-11(13)15-12(14-10)8-2-3-8/h4-6,8H,2-3H2,1H3,(H2,13,14,15). The van der Waals surface area contributed by atoms with E-state index in [2.05, 4.69) is 28.3 Å². The number of nitrogens with zero attached hydrogens (tertiary/aromatic N) is 2. The zero-order valence-corrected chi connectivity index (χ0v) is 9.92. The van der Waals surface area contributed by atoms with Crippen molar-refractivity contribution in [3.8, 4) is 11.3 Å². The molecule has 0 saturated heterocycles. The Hall–Kier alpha value is -1.42. The van der Waals surface area contributed by atoms with Crippen LogP contribution in [-0.2, 0) is 0 Å². The second-order valence-electron chi connectivity index (χ2n) is 4.26. The van der Waals surface area contributed by atoms with Crippen molar-refractivity contribution >= 4 is 17.2 Å². The van der Waals surface area contributed by atoms with Gasteiger partial charge in [-0.05, 0) is 25.8 Å². The molecule has 0 radical (unpaired) electrons. The second kappa shape index (κ2) is 3.56. The van der Waals surface area contributed by atoms with Crippen LogP contribution in [0.4, 0.5) is 5.82 Å². The van der Waals surface area contributed by atoms with Crippen LogP contribution in [-0.4, -0.2) is 9.97 Å². The first-order chi connectivity index (χ1) is 7.72. The van der Waals surface area contributed by atoms with Gasteiger partial charge in [0.25, 0.3) is 0 Å². The SMILES string of the molecule is Cc1cc(-c2cc(N)nc(C3CC3)n2)cs1. The van der Waals surface area contributed by atoms with Crippen molar-refractivity contribution in [2.45, 2.75) is 25.7 Å². The number of thiophene rings is 1. The van der Waals surface area contributed by atoms with Crippen LogP contribution in [0.25, 0.3) is 11.3 Å². The van der Waals surface area contributed by atoms with Crippen molar-refractivity contribution in [2.24, 2.45) is 0 Å². The number of nitrogen functional groups attached to an aromatic ring is 1. The Balaban J connectivity index is 2.06. The van der Waals surface area contributed by atoms with Gasteiger partial charge in [0.1, 0.15) is 11.6 Å². The number of aryl methyl sites for hydroxylation is 1. The summed E-state index contributed by atoms with van der Waals surface area (Å²) in [5.74, 6) is 2.04. The van der Waals surface area contributed by atoms with Crippen molar-refractivity contribution in [1.82, 2.24) is 9.97 Å². The van der Waals surface area contributed by atoms with E-state index in [0.717, 1.165) is 17.1 Å². The van der Waals surface area contributed by atoms with Crippen LogP contribution in [0.5, 0.6) is 0 Å². The van der Waals surface area contributed by atoms with Crippen LogP contribution in [0.2, 0.25) is 0 Å². The smallest absolute Gasteiger partial charge is 0.134 e. The lowest BCUT2D eigenvalue weighted by molar-refractivity contribution is 0.936. The van der Waals surface area contributed by atoms with Gasteiger partial charge in [0.15, 0.2) is 0 Å². The Bertz CT molecular complexity index is 529. The van der Waals surface area contributed by atoms with Crippen LogP contribution in [0, 0.1) is 6.92 Å². The first kappa shape index (κ1) is 9.78. The van der Waals surface area contributed by atoms with Crippen molar-refractivity contribution in [2.75, 3.05) is 5.73 Å². The highest BCUT2D eigenvalue weighted by molar-refractivity contribution is 7.10. The lowest BCUT2D eigenvalue weighted by atomic mass is 10.2. The van der Waals surface area contributed by atoms with E-state index in [-0.39, 0.29) is 0 Å². The summed E-state index contributed by atoms with van der Waals surface area (Å²) in [7, 11) is 0. The van der Waals surface area contributed by atoms with Gasteiger partial charge in [-0.15, -0.1) is 11.3 Å². The Morgan fingerprint density at radius 1 is 1.31 bits per heavy atom. The summed E-state index contributed by atoms with van der Waals surface area (Å²) >= 11 is 1.73. The maximum Gasteiger partial charge on any atom is 0.134 e. The fourth-order valence-electron chi connectivity index (χ4n) is 1.74. The molecule has 0 aliphatic heterocycles. The number of hydrogen-bond donors (Lipinski definition) is 1. The second-order valence-corrected chi connectivity index (χ2v) is 5.37. The zero-order valence-electron chi connectivity index (χ0n) is 9.10. The highest BCUT2D eigenvalue weighted by Gasteiger charge is 2.27. The third kappa shape index (κ3) is 1.80. The van der Waals surface area contributed by atoms with E-state index in [0.29, 0.717) is 11.7 Å². The molecule has 0 unspecified atom stereocenters. The summed E-state index contributed by atoms with van der Waals surface area (Å²) in [6.45, 7) is 2.10. The van der Waals surface area contributed by atoms with E-state index >= 15 is 0 Å². The van der Waals surface area contributed by atoms with E-state index in [1.54, 1.807) is 11.3 Å². The van der Waals surface area contributed by atoms with E-state index in [4.69, 9.17) is 5.73 Å². The van der Waals surface area contributed by atoms with Crippen molar-refractivity contribution in [3.05, 3.63) is 28.2 Å². The van der Waals surface area contributed by atoms with Gasteiger partial charge < -0.3 is 5.73 Å². The molecule has 1 aliphatic carbocycles. The molecular formula is C12H13N3S. The van der Waals surface area contributed by atoms with Crippen molar-refractivity contribution in [1.29, 1.82) is 0 Å². The van der Waals surface area contributed by atoms with Gasteiger partial charge >= 0.3 is 0 Å². The fraction of sp³-hybridized carbons (Fsp3) is 0.333. The number of anilines is 1. The molecule has 16 heavy (non-hydrogen) atoms. The predicted octanol–water partition coefficient (Wildman–Crippen LogP) is 2.97. The summed E-state index contributed by atoms with van der Waals surface area (Å²) in [5.41, 5.74) is 7.93. The van der Waals surface area contributed by atoms with Crippen LogP contribution < -0.4 is 5.73 Å². The lowest BCUT2D eigenvalue weighted by Crippen LogP contribution is -1.99. The molecule has 1 fully saturated rings. The Morgan fingerprint density at radius 2 is 2.12 bits per heavy atom. The molecule has 3 rings (SSSR count). The third-order valence-electron chi connectivity index (χ3n) is 2.73. The number of nitrogens with two attached hydrogens (primary N) is 1. The maximum absolute atomic E-state index is 5.82. The molecule has 2 N–H and O–H groups in total. The highest BCUT2D eigenvalue weighted by atomic mass is 32.1. The van der Waals surface area contributed by atoms with Crippen LogP contribution in [0.15, 0.2) is 17.5 Å². The average Bonchev–Trinajstić information content (AvgIpc) is 3.01. The Kier molecular flexibility index (Phi) is 2.17. The molecule has 1 saturated carbocycles. The van der Waals surface area contributed by atoms with Crippen LogP contribution in [0.1, 0.15) is 29.5 Å². The topological polar surface area (TPSA) is 51.8 Å². The normalized spacial score (nSPS) is 15.3. The van der Waals surface area contributed by atoms with Crippen LogP contribution >= 0.6 is 11.3 Å². The van der Waals surface area contributed by atoms with Gasteiger partial charge in [-0.25, -0.2) is 9.97 Å². The maximum atomic E-state index is 5.82. The molecule has 1 aliphatic rings. The summed E-state index contributed by atoms with van der Waals surface area (Å²) in [6.07, 6.45) is 2.40. The Labute approximate surface area is 98.4 Å². The molecule has 3 nitrogen and oxygen atoms in total. The van der Waals surface area contributed by atoms with Gasteiger partial charge in [-0.2, -0.15) is 0 Å². The molecule has 4 heteroatoms. The number of hydrogen-bond acceptors (Lipinski definition) is 4. The van der Waals surface area contributed by atoms with Gasteiger partial charge in [-0.3, -0.25) is 0 Å². The Morgan fingerprint density at radius 3 is 2.75 bits per heavy atom. The van der Waals surface area contributed by atoms with E-state index in [1.165, 1.54) is 17.7 Å². The molecule has 0 aromatic carbocycles. The van der Waals surface area contributed by atoms with Gasteiger partial charge in [0, 0.05) is 27.8 Å².